The summed E-state index contributed by atoms with van der Waals surface area (Å²) in [5.41, 5.74) is 0.738. The predicted octanol–water partition coefficient (Wildman–Crippen LogP) is 3.07. The number of nitrogens with one attached hydrogen (secondary N) is 1. The normalized spacial score (nSPS) is 19.7. The maximum atomic E-state index is 13.4. The molecule has 0 spiro atoms. The van der Waals surface area contributed by atoms with Crippen molar-refractivity contribution in [2.75, 3.05) is 7.11 Å². The first-order valence-corrected chi connectivity index (χ1v) is 7.89. The number of carbonyl (C=O) groups is 1. The average molecular weight is 357 g/mol. The minimum atomic E-state index is -1.12. The van der Waals surface area contributed by atoms with Crippen molar-refractivity contribution in [2.24, 2.45) is 4.99 Å². The third kappa shape index (κ3) is 3.08. The van der Waals surface area contributed by atoms with Crippen LogP contribution in [0.3, 0.4) is 0 Å². The molecular formula is C19H17F2N3O2. The molecule has 1 unspecified atom stereocenters. The number of pyridine rings is 1. The van der Waals surface area contributed by atoms with Crippen LogP contribution in [0.1, 0.15) is 25.1 Å². The molecule has 1 atom stereocenters. The molecule has 1 aliphatic rings. The van der Waals surface area contributed by atoms with Gasteiger partial charge >= 0.3 is 5.97 Å². The van der Waals surface area contributed by atoms with E-state index in [1.54, 1.807) is 26.0 Å². The number of ether oxygens (including phenoxy) is 1. The smallest absolute Gasteiger partial charge is 0.338 e. The van der Waals surface area contributed by atoms with E-state index in [-0.39, 0.29) is 0 Å². The summed E-state index contributed by atoms with van der Waals surface area (Å²) in [6.07, 6.45) is 1.09. The fourth-order valence-electron chi connectivity index (χ4n) is 2.99. The van der Waals surface area contributed by atoms with E-state index in [0.29, 0.717) is 28.4 Å². The monoisotopic (exact) mass is 357 g/mol. The number of rotatable bonds is 3. The fourth-order valence-corrected chi connectivity index (χ4v) is 2.99. The molecule has 0 amide bonds. The lowest BCUT2D eigenvalue weighted by atomic mass is 9.82. The summed E-state index contributed by atoms with van der Waals surface area (Å²) in [5, 5.41) is 3.02. The number of amidine groups is 1. The van der Waals surface area contributed by atoms with Crippen LogP contribution in [0.5, 0.6) is 0 Å². The molecule has 0 aliphatic carbocycles. The van der Waals surface area contributed by atoms with Gasteiger partial charge in [-0.3, -0.25) is 0 Å². The third-order valence-corrected chi connectivity index (χ3v) is 4.27. The molecule has 0 radical (unpaired) electrons. The van der Waals surface area contributed by atoms with E-state index in [4.69, 9.17) is 4.74 Å². The Morgan fingerprint density at radius 3 is 2.35 bits per heavy atom. The largest absolute Gasteiger partial charge is 0.466 e. The molecule has 0 saturated heterocycles. The Labute approximate surface area is 149 Å². The Morgan fingerprint density at radius 2 is 1.77 bits per heavy atom. The Morgan fingerprint density at radius 1 is 1.12 bits per heavy atom. The van der Waals surface area contributed by atoms with Gasteiger partial charge in [0.2, 0.25) is 0 Å². The number of esters is 1. The number of hydrogen-bond donors (Lipinski definition) is 1. The highest BCUT2D eigenvalue weighted by molar-refractivity contribution is 6.03. The third-order valence-electron chi connectivity index (χ3n) is 4.27. The Hall–Kier alpha value is -3.09. The van der Waals surface area contributed by atoms with Gasteiger partial charge in [0, 0.05) is 5.70 Å². The van der Waals surface area contributed by atoms with Gasteiger partial charge in [-0.25, -0.2) is 23.6 Å². The van der Waals surface area contributed by atoms with Gasteiger partial charge < -0.3 is 10.1 Å². The summed E-state index contributed by atoms with van der Waals surface area (Å²) in [7, 11) is 1.29. The molecule has 26 heavy (non-hydrogen) atoms. The van der Waals surface area contributed by atoms with Crippen LogP contribution in [0, 0.1) is 11.6 Å². The quantitative estimate of drug-likeness (QED) is 0.858. The van der Waals surface area contributed by atoms with E-state index in [1.165, 1.54) is 31.4 Å². The molecule has 1 aromatic carbocycles. The number of aromatic nitrogens is 1. The zero-order valence-corrected chi connectivity index (χ0v) is 14.5. The number of carbonyl (C=O) groups excluding carboxylic acids is 1. The van der Waals surface area contributed by atoms with Crippen molar-refractivity contribution in [3.8, 4) is 0 Å². The number of benzene rings is 1. The number of hydrogen-bond acceptors (Lipinski definition) is 5. The molecule has 0 bridgehead atoms. The van der Waals surface area contributed by atoms with Gasteiger partial charge in [0.1, 0.15) is 22.9 Å². The van der Waals surface area contributed by atoms with Gasteiger partial charge in [-0.05, 0) is 43.7 Å². The molecule has 5 nitrogen and oxygen atoms in total. The van der Waals surface area contributed by atoms with Crippen molar-refractivity contribution in [2.45, 2.75) is 19.4 Å². The summed E-state index contributed by atoms with van der Waals surface area (Å²) in [6, 6.07) is 8.50. The van der Waals surface area contributed by atoms with Crippen LogP contribution in [-0.2, 0) is 15.1 Å². The minimum Gasteiger partial charge on any atom is -0.466 e. The Kier molecular flexibility index (Phi) is 4.54. The minimum absolute atomic E-state index is 0.303. The molecule has 0 saturated carbocycles. The van der Waals surface area contributed by atoms with Crippen molar-refractivity contribution in [3.05, 3.63) is 76.8 Å². The number of allylic oxidation sites excluding steroid dienone is 1. The number of nitrogens with zero attached hydrogens (tertiary/aromatic N) is 2. The second-order valence-corrected chi connectivity index (χ2v) is 6.02. The van der Waals surface area contributed by atoms with Crippen LogP contribution in [0.2, 0.25) is 0 Å². The number of aliphatic imine (C=N–C) groups is 1. The maximum Gasteiger partial charge on any atom is 0.338 e. The van der Waals surface area contributed by atoms with Gasteiger partial charge in [0.15, 0.2) is 5.84 Å². The summed E-state index contributed by atoms with van der Waals surface area (Å²) in [5.74, 6) is -1.02. The van der Waals surface area contributed by atoms with Gasteiger partial charge in [-0.2, -0.15) is 0 Å². The van der Waals surface area contributed by atoms with Crippen molar-refractivity contribution < 1.29 is 18.3 Å². The second-order valence-electron chi connectivity index (χ2n) is 6.02. The standard InChI is InChI=1S/C19H17F2N3O2/c1-11-16(18(25)26-3)19(2,12-4-6-13(20)7-5-12)24-17(23-11)15-9-8-14(21)10-22-15/h4-10H,1-3H3,(H,23,24). The van der Waals surface area contributed by atoms with Crippen LogP contribution in [0.15, 0.2) is 58.9 Å². The van der Waals surface area contributed by atoms with Gasteiger partial charge in [0.05, 0.1) is 18.9 Å². The molecule has 2 heterocycles. The SMILES string of the molecule is COC(=O)C1=C(C)NC(c2ccc(F)cn2)=NC1(C)c1ccc(F)cc1. The van der Waals surface area contributed by atoms with Crippen molar-refractivity contribution >= 4 is 11.8 Å². The first-order chi connectivity index (χ1) is 12.3. The molecule has 3 rings (SSSR count). The molecule has 1 aliphatic heterocycles. The summed E-state index contributed by atoms with van der Waals surface area (Å²) in [6.45, 7) is 3.45. The molecule has 2 aromatic rings. The van der Waals surface area contributed by atoms with E-state index in [1.807, 2.05) is 0 Å². The highest BCUT2D eigenvalue weighted by Crippen LogP contribution is 2.38. The van der Waals surface area contributed by atoms with E-state index in [9.17, 15) is 13.6 Å². The topological polar surface area (TPSA) is 63.6 Å². The Balaban J connectivity index is 2.18. The van der Waals surface area contributed by atoms with Crippen LogP contribution >= 0.6 is 0 Å². The lowest BCUT2D eigenvalue weighted by Crippen LogP contribution is -2.41. The van der Waals surface area contributed by atoms with E-state index >= 15 is 0 Å². The molecule has 134 valence electrons. The first kappa shape index (κ1) is 17.7. The average Bonchev–Trinajstić information content (AvgIpc) is 2.62. The van der Waals surface area contributed by atoms with Crippen molar-refractivity contribution in [1.29, 1.82) is 0 Å². The summed E-state index contributed by atoms with van der Waals surface area (Å²) in [4.78, 5) is 21.1. The highest BCUT2D eigenvalue weighted by Gasteiger charge is 2.41. The first-order valence-electron chi connectivity index (χ1n) is 7.89. The lowest BCUT2D eigenvalue weighted by Gasteiger charge is -2.34. The van der Waals surface area contributed by atoms with E-state index < -0.39 is 23.1 Å². The summed E-state index contributed by atoms with van der Waals surface area (Å²) < 4.78 is 31.4. The maximum absolute atomic E-state index is 13.4. The highest BCUT2D eigenvalue weighted by atomic mass is 19.1. The Bertz CT molecular complexity index is 905. The fraction of sp³-hybridized carbons (Fsp3) is 0.211. The van der Waals surface area contributed by atoms with Crippen LogP contribution in [0.4, 0.5) is 8.78 Å². The zero-order valence-electron chi connectivity index (χ0n) is 14.5. The van der Waals surface area contributed by atoms with Gasteiger partial charge in [-0.15, -0.1) is 0 Å². The molecule has 1 N–H and O–H groups in total. The predicted molar refractivity (Wildman–Crippen MR) is 92.3 cm³/mol. The number of halogens is 2. The molecular weight excluding hydrogens is 340 g/mol. The zero-order chi connectivity index (χ0) is 18.9. The molecule has 1 aromatic heterocycles. The van der Waals surface area contributed by atoms with Crippen LogP contribution in [-0.4, -0.2) is 23.9 Å². The van der Waals surface area contributed by atoms with Crippen molar-refractivity contribution in [3.63, 3.8) is 0 Å². The summed E-state index contributed by atoms with van der Waals surface area (Å²) >= 11 is 0. The van der Waals surface area contributed by atoms with E-state index in [2.05, 4.69) is 15.3 Å². The van der Waals surface area contributed by atoms with Crippen molar-refractivity contribution in [1.82, 2.24) is 10.3 Å². The molecule has 0 fully saturated rings. The van der Waals surface area contributed by atoms with Gasteiger partial charge in [0.25, 0.3) is 0 Å². The number of methoxy groups -OCH3 is 1. The van der Waals surface area contributed by atoms with Crippen LogP contribution < -0.4 is 5.32 Å². The molecule has 7 heteroatoms. The van der Waals surface area contributed by atoms with E-state index in [0.717, 1.165) is 6.20 Å². The van der Waals surface area contributed by atoms with Gasteiger partial charge in [-0.1, -0.05) is 12.1 Å². The lowest BCUT2D eigenvalue weighted by molar-refractivity contribution is -0.137. The second kappa shape index (κ2) is 6.67. The van der Waals surface area contributed by atoms with Crippen LogP contribution in [0.25, 0.3) is 0 Å².